The van der Waals surface area contributed by atoms with Crippen LogP contribution in [-0.2, 0) is 5.41 Å². The molecule has 0 amide bonds. The van der Waals surface area contributed by atoms with Gasteiger partial charge in [0, 0.05) is 33.2 Å². The first-order chi connectivity index (χ1) is 19.1. The number of rotatable bonds is 3. The van der Waals surface area contributed by atoms with Gasteiger partial charge in [-0.3, -0.25) is 0 Å². The van der Waals surface area contributed by atoms with Gasteiger partial charge in [0.25, 0.3) is 0 Å². The van der Waals surface area contributed by atoms with Crippen molar-refractivity contribution in [3.05, 3.63) is 139 Å². The van der Waals surface area contributed by atoms with Gasteiger partial charge in [-0.05, 0) is 81.6 Å². The van der Waals surface area contributed by atoms with Gasteiger partial charge < -0.3 is 9.88 Å². The zero-order valence-corrected chi connectivity index (χ0v) is 22.1. The summed E-state index contributed by atoms with van der Waals surface area (Å²) in [5.41, 5.74) is 11.3. The Balaban J connectivity index is 1.18. The predicted molar refractivity (Wildman–Crippen MR) is 166 cm³/mol. The van der Waals surface area contributed by atoms with Crippen molar-refractivity contribution in [2.75, 3.05) is 5.32 Å². The van der Waals surface area contributed by atoms with Gasteiger partial charge in [0.2, 0.25) is 0 Å². The van der Waals surface area contributed by atoms with E-state index in [4.69, 9.17) is 0 Å². The van der Waals surface area contributed by atoms with Crippen molar-refractivity contribution in [1.82, 2.24) is 4.57 Å². The van der Waals surface area contributed by atoms with Crippen LogP contribution in [0.2, 0.25) is 0 Å². The van der Waals surface area contributed by atoms with Crippen molar-refractivity contribution >= 4 is 44.0 Å². The van der Waals surface area contributed by atoms with Gasteiger partial charge in [0.05, 0.1) is 11.0 Å². The molecule has 0 spiro atoms. The number of para-hydroxylation sites is 1. The SMILES string of the molecule is CC1(C)c2ccccc2-c2ccc(Nc3ccc(-n4c5ccccc5c5c6ccccc6ccc54)cc3)cc21. The molecule has 0 fully saturated rings. The molecule has 0 bridgehead atoms. The second-order valence-electron chi connectivity index (χ2n) is 11.1. The number of nitrogens with one attached hydrogen (secondary N) is 1. The van der Waals surface area contributed by atoms with E-state index in [0.29, 0.717) is 0 Å². The van der Waals surface area contributed by atoms with Crippen LogP contribution in [0.5, 0.6) is 0 Å². The fourth-order valence-electron chi connectivity index (χ4n) is 6.66. The highest BCUT2D eigenvalue weighted by molar-refractivity contribution is 6.21. The molecule has 0 unspecified atom stereocenters. The predicted octanol–water partition coefficient (Wildman–Crippen LogP) is 9.99. The second kappa shape index (κ2) is 8.09. The van der Waals surface area contributed by atoms with Crippen molar-refractivity contribution < 1.29 is 0 Å². The lowest BCUT2D eigenvalue weighted by Crippen LogP contribution is -2.15. The molecule has 2 heteroatoms. The molecule has 0 saturated carbocycles. The van der Waals surface area contributed by atoms with Gasteiger partial charge in [0.1, 0.15) is 0 Å². The van der Waals surface area contributed by atoms with Gasteiger partial charge in [-0.2, -0.15) is 0 Å². The summed E-state index contributed by atoms with van der Waals surface area (Å²) in [6.45, 7) is 4.65. The number of hydrogen-bond acceptors (Lipinski definition) is 1. The third-order valence-corrected chi connectivity index (χ3v) is 8.56. The maximum atomic E-state index is 3.66. The van der Waals surface area contributed by atoms with Gasteiger partial charge in [-0.25, -0.2) is 0 Å². The van der Waals surface area contributed by atoms with Crippen LogP contribution in [-0.4, -0.2) is 4.57 Å². The van der Waals surface area contributed by atoms with Crippen LogP contribution in [0.1, 0.15) is 25.0 Å². The summed E-state index contributed by atoms with van der Waals surface area (Å²) in [6.07, 6.45) is 0. The van der Waals surface area contributed by atoms with E-state index in [9.17, 15) is 0 Å². The third-order valence-electron chi connectivity index (χ3n) is 8.56. The first kappa shape index (κ1) is 22.2. The average molecular weight is 501 g/mol. The molecular weight excluding hydrogens is 472 g/mol. The van der Waals surface area contributed by atoms with Crippen LogP contribution in [0.3, 0.4) is 0 Å². The highest BCUT2D eigenvalue weighted by atomic mass is 15.0. The normalized spacial score (nSPS) is 13.6. The van der Waals surface area contributed by atoms with E-state index in [0.717, 1.165) is 17.1 Å². The molecule has 1 aliphatic rings. The molecule has 7 aromatic rings. The number of hydrogen-bond donors (Lipinski definition) is 1. The van der Waals surface area contributed by atoms with Crippen molar-refractivity contribution in [2.45, 2.75) is 19.3 Å². The van der Waals surface area contributed by atoms with E-state index in [2.05, 4.69) is 151 Å². The smallest absolute Gasteiger partial charge is 0.0547 e. The molecule has 8 rings (SSSR count). The first-order valence-corrected chi connectivity index (χ1v) is 13.6. The highest BCUT2D eigenvalue weighted by Gasteiger charge is 2.35. The number of anilines is 2. The second-order valence-corrected chi connectivity index (χ2v) is 11.1. The maximum Gasteiger partial charge on any atom is 0.0547 e. The van der Waals surface area contributed by atoms with Crippen molar-refractivity contribution in [2.24, 2.45) is 0 Å². The van der Waals surface area contributed by atoms with Gasteiger partial charge >= 0.3 is 0 Å². The molecular formula is C37H28N2. The minimum Gasteiger partial charge on any atom is -0.356 e. The molecule has 186 valence electrons. The Morgan fingerprint density at radius 2 is 1.23 bits per heavy atom. The summed E-state index contributed by atoms with van der Waals surface area (Å²) in [4.78, 5) is 0. The molecule has 1 heterocycles. The Bertz CT molecular complexity index is 2060. The van der Waals surface area contributed by atoms with Crippen molar-refractivity contribution in [3.63, 3.8) is 0 Å². The molecule has 0 atom stereocenters. The fraction of sp³-hybridized carbons (Fsp3) is 0.0811. The zero-order chi connectivity index (χ0) is 26.1. The molecule has 1 N–H and O–H groups in total. The molecule has 1 aliphatic carbocycles. The lowest BCUT2D eigenvalue weighted by Gasteiger charge is -2.22. The lowest BCUT2D eigenvalue weighted by molar-refractivity contribution is 0.660. The highest BCUT2D eigenvalue weighted by Crippen LogP contribution is 2.49. The molecule has 39 heavy (non-hydrogen) atoms. The summed E-state index contributed by atoms with van der Waals surface area (Å²) in [6, 6.07) is 46.3. The van der Waals surface area contributed by atoms with E-state index < -0.39 is 0 Å². The Morgan fingerprint density at radius 1 is 0.538 bits per heavy atom. The summed E-state index contributed by atoms with van der Waals surface area (Å²) in [5, 5.41) is 8.83. The lowest BCUT2D eigenvalue weighted by atomic mass is 9.82. The number of nitrogens with zero attached hydrogens (tertiary/aromatic N) is 1. The van der Waals surface area contributed by atoms with Gasteiger partial charge in [-0.15, -0.1) is 0 Å². The number of aromatic nitrogens is 1. The van der Waals surface area contributed by atoms with Gasteiger partial charge in [-0.1, -0.05) is 92.7 Å². The Hall–Kier alpha value is -4.82. The standard InChI is InChI=1S/C37H28N2/c1-37(2)32-13-7-5-11-29(32)30-21-18-26(23-33(30)37)38-25-16-19-27(20-17-25)39-34-14-8-6-12-31(34)36-28-10-4-3-9-24(28)15-22-35(36)39/h3-23,38H,1-2H3. The molecule has 1 aromatic heterocycles. The quantitative estimate of drug-likeness (QED) is 0.255. The van der Waals surface area contributed by atoms with Crippen LogP contribution >= 0.6 is 0 Å². The fourth-order valence-corrected chi connectivity index (χ4v) is 6.66. The van der Waals surface area contributed by atoms with Crippen LogP contribution in [0, 0.1) is 0 Å². The topological polar surface area (TPSA) is 17.0 Å². The number of benzene rings is 6. The van der Waals surface area contributed by atoms with Crippen LogP contribution in [0.25, 0.3) is 49.4 Å². The van der Waals surface area contributed by atoms with Crippen LogP contribution in [0.4, 0.5) is 11.4 Å². The Labute approximate surface area is 228 Å². The summed E-state index contributed by atoms with van der Waals surface area (Å²) in [5.74, 6) is 0. The van der Waals surface area contributed by atoms with Crippen molar-refractivity contribution in [3.8, 4) is 16.8 Å². The first-order valence-electron chi connectivity index (χ1n) is 13.6. The van der Waals surface area contributed by atoms with Crippen LogP contribution in [0.15, 0.2) is 127 Å². The molecule has 2 nitrogen and oxygen atoms in total. The minimum atomic E-state index is -0.00577. The van der Waals surface area contributed by atoms with E-state index in [-0.39, 0.29) is 5.41 Å². The van der Waals surface area contributed by atoms with E-state index in [1.54, 1.807) is 0 Å². The molecule has 0 aliphatic heterocycles. The van der Waals surface area contributed by atoms with E-state index in [1.165, 1.54) is 54.8 Å². The molecule has 0 saturated heterocycles. The van der Waals surface area contributed by atoms with Crippen molar-refractivity contribution in [1.29, 1.82) is 0 Å². The minimum absolute atomic E-state index is 0.00577. The average Bonchev–Trinajstić information content (AvgIpc) is 3.43. The van der Waals surface area contributed by atoms with Crippen LogP contribution < -0.4 is 5.32 Å². The zero-order valence-electron chi connectivity index (χ0n) is 22.1. The molecule has 0 radical (unpaired) electrons. The molecule has 6 aromatic carbocycles. The summed E-state index contributed by atoms with van der Waals surface area (Å²) >= 11 is 0. The van der Waals surface area contributed by atoms with E-state index in [1.807, 2.05) is 0 Å². The number of fused-ring (bicyclic) bond motifs is 8. The Kier molecular flexibility index (Phi) is 4.60. The van der Waals surface area contributed by atoms with Gasteiger partial charge in [0.15, 0.2) is 0 Å². The van der Waals surface area contributed by atoms with E-state index >= 15 is 0 Å². The monoisotopic (exact) mass is 500 g/mol. The summed E-state index contributed by atoms with van der Waals surface area (Å²) in [7, 11) is 0. The maximum absolute atomic E-state index is 3.66. The Morgan fingerprint density at radius 3 is 2.10 bits per heavy atom. The largest absolute Gasteiger partial charge is 0.356 e. The summed E-state index contributed by atoms with van der Waals surface area (Å²) < 4.78 is 2.38. The third kappa shape index (κ3) is 3.21.